The monoisotopic (exact) mass is 475 g/mol. The summed E-state index contributed by atoms with van der Waals surface area (Å²) in [4.78, 5) is 27.4. The molecular weight excluding hydrogens is 442 g/mol. The predicted octanol–water partition coefficient (Wildman–Crippen LogP) is 2.45. The summed E-state index contributed by atoms with van der Waals surface area (Å²) in [5, 5.41) is 2.81. The quantitative estimate of drug-likeness (QED) is 0.509. The van der Waals surface area contributed by atoms with Crippen LogP contribution in [-0.4, -0.2) is 64.2 Å². The normalized spacial score (nSPS) is 12.0. The van der Waals surface area contributed by atoms with E-state index in [9.17, 15) is 18.0 Å². The van der Waals surface area contributed by atoms with Gasteiger partial charge in [0.15, 0.2) is 0 Å². The molecule has 0 aromatic heterocycles. The van der Waals surface area contributed by atoms with Gasteiger partial charge in [-0.3, -0.25) is 13.9 Å². The largest absolute Gasteiger partial charge is 0.497 e. The molecule has 8 nitrogen and oxygen atoms in total. The van der Waals surface area contributed by atoms with Gasteiger partial charge in [0, 0.05) is 13.1 Å². The number of sulfonamides is 1. The lowest BCUT2D eigenvalue weighted by molar-refractivity contribution is -0.138. The summed E-state index contributed by atoms with van der Waals surface area (Å²) in [5.74, 6) is -0.149. The van der Waals surface area contributed by atoms with Crippen LogP contribution in [0.3, 0.4) is 0 Å². The second-order valence-corrected chi connectivity index (χ2v) is 9.66. The van der Waals surface area contributed by atoms with Gasteiger partial charge >= 0.3 is 0 Å². The van der Waals surface area contributed by atoms with E-state index in [1.807, 2.05) is 37.3 Å². The van der Waals surface area contributed by atoms with E-state index in [-0.39, 0.29) is 12.5 Å². The number of hydrogen-bond acceptors (Lipinski definition) is 5. The average Bonchev–Trinajstić information content (AvgIpc) is 2.81. The van der Waals surface area contributed by atoms with E-state index in [0.717, 1.165) is 22.5 Å². The zero-order chi connectivity index (χ0) is 24.4. The Morgan fingerprint density at radius 1 is 1.06 bits per heavy atom. The van der Waals surface area contributed by atoms with Crippen LogP contribution < -0.4 is 14.4 Å². The van der Waals surface area contributed by atoms with Crippen molar-refractivity contribution in [3.8, 4) is 5.75 Å². The Balaban J connectivity index is 2.27. The van der Waals surface area contributed by atoms with Crippen LogP contribution in [0, 0.1) is 0 Å². The van der Waals surface area contributed by atoms with E-state index < -0.39 is 28.5 Å². The van der Waals surface area contributed by atoms with E-state index in [1.54, 1.807) is 31.2 Å². The van der Waals surface area contributed by atoms with Crippen molar-refractivity contribution in [2.24, 2.45) is 0 Å². The third-order valence-corrected chi connectivity index (χ3v) is 6.38. The molecule has 0 radical (unpaired) electrons. The van der Waals surface area contributed by atoms with Crippen LogP contribution in [0.1, 0.15) is 25.8 Å². The molecule has 2 amide bonds. The number of carbonyl (C=O) groups is 2. The number of rotatable bonds is 12. The maximum atomic E-state index is 13.4. The molecule has 2 aromatic carbocycles. The highest BCUT2D eigenvalue weighted by atomic mass is 32.2. The molecule has 33 heavy (non-hydrogen) atoms. The Morgan fingerprint density at radius 2 is 1.70 bits per heavy atom. The Labute approximate surface area is 196 Å². The van der Waals surface area contributed by atoms with Crippen LogP contribution in [-0.2, 0) is 26.0 Å². The standard InChI is InChI=1S/C24H33N3O5S/c1-5-16-25-24(29)19(2)26(17-15-20-9-7-6-8-10-20)23(28)18-27(33(4,30)31)21-11-13-22(32-3)14-12-21/h6-14,19H,5,15-18H2,1-4H3,(H,25,29). The first kappa shape index (κ1) is 26.2. The molecule has 2 aromatic rings. The summed E-state index contributed by atoms with van der Waals surface area (Å²) in [6.45, 7) is 3.98. The first-order valence-corrected chi connectivity index (χ1v) is 12.7. The molecule has 0 aliphatic rings. The number of ether oxygens (including phenoxy) is 1. The van der Waals surface area contributed by atoms with Crippen LogP contribution in [0.15, 0.2) is 54.6 Å². The number of anilines is 1. The van der Waals surface area contributed by atoms with Crippen molar-refractivity contribution in [2.75, 3.05) is 37.3 Å². The minimum absolute atomic E-state index is 0.270. The highest BCUT2D eigenvalue weighted by Gasteiger charge is 2.29. The number of benzene rings is 2. The van der Waals surface area contributed by atoms with Crippen LogP contribution in [0.25, 0.3) is 0 Å². The fourth-order valence-electron chi connectivity index (χ4n) is 3.33. The number of nitrogens with zero attached hydrogens (tertiary/aromatic N) is 2. The first-order chi connectivity index (χ1) is 15.7. The average molecular weight is 476 g/mol. The molecule has 2 rings (SSSR count). The van der Waals surface area contributed by atoms with Crippen LogP contribution in [0.4, 0.5) is 5.69 Å². The molecule has 0 saturated heterocycles. The lowest BCUT2D eigenvalue weighted by Gasteiger charge is -2.31. The first-order valence-electron chi connectivity index (χ1n) is 10.9. The summed E-state index contributed by atoms with van der Waals surface area (Å²) in [7, 11) is -2.23. The van der Waals surface area contributed by atoms with Crippen LogP contribution >= 0.6 is 0 Å². The lowest BCUT2D eigenvalue weighted by Crippen LogP contribution is -2.52. The number of hydrogen-bond donors (Lipinski definition) is 1. The SMILES string of the molecule is CCCNC(=O)C(C)N(CCc1ccccc1)C(=O)CN(c1ccc(OC)cc1)S(C)(=O)=O. The molecule has 0 bridgehead atoms. The molecule has 1 unspecified atom stereocenters. The Kier molecular flexibility index (Phi) is 9.72. The van der Waals surface area contributed by atoms with Crippen LogP contribution in [0.5, 0.6) is 5.75 Å². The summed E-state index contributed by atoms with van der Waals surface area (Å²) in [6, 6.07) is 15.3. The van der Waals surface area contributed by atoms with E-state index in [2.05, 4.69) is 5.32 Å². The fraction of sp³-hybridized carbons (Fsp3) is 0.417. The maximum absolute atomic E-state index is 13.4. The van der Waals surface area contributed by atoms with Crippen molar-refractivity contribution < 1.29 is 22.7 Å². The molecular formula is C24H33N3O5S. The molecule has 0 spiro atoms. The van der Waals surface area contributed by atoms with Crippen molar-refractivity contribution in [1.82, 2.24) is 10.2 Å². The molecule has 1 atom stereocenters. The fourth-order valence-corrected chi connectivity index (χ4v) is 4.18. The molecule has 0 fully saturated rings. The van der Waals surface area contributed by atoms with Gasteiger partial charge in [-0.05, 0) is 49.6 Å². The van der Waals surface area contributed by atoms with Gasteiger partial charge in [-0.1, -0.05) is 37.3 Å². The maximum Gasteiger partial charge on any atom is 0.244 e. The van der Waals surface area contributed by atoms with Gasteiger partial charge in [0.2, 0.25) is 21.8 Å². The zero-order valence-corrected chi connectivity index (χ0v) is 20.5. The van der Waals surface area contributed by atoms with E-state index >= 15 is 0 Å². The number of nitrogens with one attached hydrogen (secondary N) is 1. The number of amides is 2. The van der Waals surface area contributed by atoms with Crippen molar-refractivity contribution in [3.63, 3.8) is 0 Å². The summed E-state index contributed by atoms with van der Waals surface area (Å²) >= 11 is 0. The third kappa shape index (κ3) is 7.78. The van der Waals surface area contributed by atoms with E-state index in [4.69, 9.17) is 4.74 Å². The predicted molar refractivity (Wildman–Crippen MR) is 130 cm³/mol. The summed E-state index contributed by atoms with van der Waals surface area (Å²) in [5.41, 5.74) is 1.37. The highest BCUT2D eigenvalue weighted by Crippen LogP contribution is 2.22. The lowest BCUT2D eigenvalue weighted by atomic mass is 10.1. The second kappa shape index (κ2) is 12.2. The van der Waals surface area contributed by atoms with Gasteiger partial charge in [-0.25, -0.2) is 8.42 Å². The van der Waals surface area contributed by atoms with Gasteiger partial charge in [-0.15, -0.1) is 0 Å². The topological polar surface area (TPSA) is 96.0 Å². The Hall–Kier alpha value is -3.07. The minimum atomic E-state index is -3.75. The van der Waals surface area contributed by atoms with Crippen molar-refractivity contribution in [3.05, 3.63) is 60.2 Å². The minimum Gasteiger partial charge on any atom is -0.497 e. The molecule has 0 heterocycles. The Morgan fingerprint density at radius 3 is 2.24 bits per heavy atom. The smallest absolute Gasteiger partial charge is 0.244 e. The summed E-state index contributed by atoms with van der Waals surface area (Å²) in [6.07, 6.45) is 2.37. The van der Waals surface area contributed by atoms with Crippen molar-refractivity contribution in [2.45, 2.75) is 32.7 Å². The molecule has 1 N–H and O–H groups in total. The molecule has 0 saturated carbocycles. The van der Waals surface area contributed by atoms with Gasteiger partial charge < -0.3 is 15.0 Å². The second-order valence-electron chi connectivity index (χ2n) is 7.76. The van der Waals surface area contributed by atoms with Gasteiger partial charge in [0.25, 0.3) is 0 Å². The Bertz CT molecular complexity index is 1010. The molecule has 180 valence electrons. The molecule has 0 aliphatic carbocycles. The van der Waals surface area contributed by atoms with Gasteiger partial charge in [0.05, 0.1) is 19.1 Å². The molecule has 9 heteroatoms. The van der Waals surface area contributed by atoms with Crippen molar-refractivity contribution >= 4 is 27.5 Å². The van der Waals surface area contributed by atoms with E-state index in [0.29, 0.717) is 24.4 Å². The third-order valence-electron chi connectivity index (χ3n) is 5.24. The molecule has 0 aliphatic heterocycles. The van der Waals surface area contributed by atoms with Crippen LogP contribution in [0.2, 0.25) is 0 Å². The highest BCUT2D eigenvalue weighted by molar-refractivity contribution is 7.92. The van der Waals surface area contributed by atoms with Gasteiger partial charge in [-0.2, -0.15) is 0 Å². The summed E-state index contributed by atoms with van der Waals surface area (Å²) < 4.78 is 31.2. The van der Waals surface area contributed by atoms with Crippen molar-refractivity contribution in [1.29, 1.82) is 0 Å². The van der Waals surface area contributed by atoms with Gasteiger partial charge in [0.1, 0.15) is 18.3 Å². The number of methoxy groups -OCH3 is 1. The number of carbonyl (C=O) groups excluding carboxylic acids is 2. The zero-order valence-electron chi connectivity index (χ0n) is 19.7. The van der Waals surface area contributed by atoms with E-state index in [1.165, 1.54) is 12.0 Å².